The highest BCUT2D eigenvalue weighted by Gasteiger charge is 2.31. The molecule has 4 aromatic carbocycles. The first-order valence-corrected chi connectivity index (χ1v) is 16.0. The Bertz CT molecular complexity index is 1950. The zero-order chi connectivity index (χ0) is 28.9. The fraction of sp³-hybridized carbons (Fsp3) is 0.205. The molecule has 0 saturated heterocycles. The van der Waals surface area contributed by atoms with Crippen molar-refractivity contribution in [2.75, 3.05) is 7.11 Å². The molecule has 0 spiro atoms. The van der Waals surface area contributed by atoms with Gasteiger partial charge in [0.2, 0.25) is 0 Å². The molecule has 0 N–H and O–H groups in total. The minimum absolute atomic E-state index is 0.237. The highest BCUT2D eigenvalue weighted by molar-refractivity contribution is 7.99. The van der Waals surface area contributed by atoms with Crippen molar-refractivity contribution in [3.8, 4) is 16.9 Å². The molecule has 1 aromatic heterocycles. The van der Waals surface area contributed by atoms with E-state index < -0.39 is 0 Å². The molecule has 43 heavy (non-hydrogen) atoms. The maximum Gasteiger partial charge on any atom is 0.132 e. The number of ether oxygens (including phenoxy) is 1. The molecular formula is C39H32FNOS. The highest BCUT2D eigenvalue weighted by Crippen LogP contribution is 2.49. The van der Waals surface area contributed by atoms with Gasteiger partial charge >= 0.3 is 0 Å². The van der Waals surface area contributed by atoms with Crippen molar-refractivity contribution in [1.29, 1.82) is 0 Å². The van der Waals surface area contributed by atoms with Crippen LogP contribution in [0.25, 0.3) is 34.2 Å². The summed E-state index contributed by atoms with van der Waals surface area (Å²) in [5.74, 6) is 1.24. The van der Waals surface area contributed by atoms with E-state index in [1.54, 1.807) is 24.9 Å². The summed E-state index contributed by atoms with van der Waals surface area (Å²) < 4.78 is 20.5. The molecule has 0 amide bonds. The Morgan fingerprint density at radius 1 is 0.930 bits per heavy atom. The van der Waals surface area contributed by atoms with Crippen LogP contribution in [0.1, 0.15) is 64.6 Å². The Balaban J connectivity index is 1.29. The standard InChI is InChI=1S/C39H32FNOS/c1-42-36-12-6-7-13-37(36)43-39-32(38(25-14-15-25)41-35-21-18-27(40)23-34(35)39)20-17-26-22-33-28-9-3-2-8-24(28)16-19-31(33)30-11-5-4-10-29(26)30/h2,4-8,10-13,16-21,23,25-26H,3,9,14-15,22H2,1H3/b20-17+. The molecule has 3 aliphatic rings. The first kappa shape index (κ1) is 26.5. The van der Waals surface area contributed by atoms with Crippen molar-refractivity contribution in [2.45, 2.75) is 53.7 Å². The zero-order valence-corrected chi connectivity index (χ0v) is 25.0. The van der Waals surface area contributed by atoms with E-state index in [1.807, 2.05) is 24.3 Å². The van der Waals surface area contributed by atoms with E-state index in [1.165, 1.54) is 39.4 Å². The Kier molecular flexibility index (Phi) is 6.68. The van der Waals surface area contributed by atoms with Gasteiger partial charge in [0.1, 0.15) is 11.6 Å². The SMILES string of the molecule is COc1ccccc1Sc1c(/C=C/C2Cc3c(ccc4c3CCC=C4)-c3ccccc32)c(C2CC2)nc2ccc(F)cc12. The molecular weight excluding hydrogens is 550 g/mol. The molecule has 8 rings (SSSR count). The lowest BCUT2D eigenvalue weighted by atomic mass is 9.74. The average molecular weight is 582 g/mol. The van der Waals surface area contributed by atoms with Crippen LogP contribution in [0.3, 0.4) is 0 Å². The van der Waals surface area contributed by atoms with E-state index in [-0.39, 0.29) is 11.7 Å². The Morgan fingerprint density at radius 3 is 2.67 bits per heavy atom. The summed E-state index contributed by atoms with van der Waals surface area (Å²) in [5, 5.41) is 0.843. The molecule has 1 unspecified atom stereocenters. The fourth-order valence-corrected chi connectivity index (χ4v) is 8.03. The highest BCUT2D eigenvalue weighted by atomic mass is 32.2. The first-order valence-electron chi connectivity index (χ1n) is 15.2. The minimum atomic E-state index is -0.248. The second kappa shape index (κ2) is 10.8. The minimum Gasteiger partial charge on any atom is -0.496 e. The molecule has 0 aliphatic heterocycles. The van der Waals surface area contributed by atoms with E-state index in [4.69, 9.17) is 9.72 Å². The summed E-state index contributed by atoms with van der Waals surface area (Å²) in [5.41, 5.74) is 11.5. The third-order valence-electron chi connectivity index (χ3n) is 9.11. The van der Waals surface area contributed by atoms with Gasteiger partial charge in [0.05, 0.1) is 23.2 Å². The summed E-state index contributed by atoms with van der Waals surface area (Å²) in [7, 11) is 1.70. The van der Waals surface area contributed by atoms with Crippen LogP contribution in [-0.2, 0) is 12.8 Å². The van der Waals surface area contributed by atoms with Crippen LogP contribution in [-0.4, -0.2) is 12.1 Å². The molecule has 5 aromatic rings. The van der Waals surface area contributed by atoms with Gasteiger partial charge in [-0.05, 0) is 95.8 Å². The van der Waals surface area contributed by atoms with Gasteiger partial charge in [0, 0.05) is 27.7 Å². The maximum atomic E-state index is 14.7. The average Bonchev–Trinajstić information content (AvgIpc) is 3.90. The van der Waals surface area contributed by atoms with Crippen molar-refractivity contribution in [2.24, 2.45) is 0 Å². The number of halogens is 1. The predicted octanol–water partition coefficient (Wildman–Crippen LogP) is 10.4. The lowest BCUT2D eigenvalue weighted by Gasteiger charge is -2.29. The smallest absolute Gasteiger partial charge is 0.132 e. The molecule has 1 atom stereocenters. The van der Waals surface area contributed by atoms with Crippen LogP contribution in [0, 0.1) is 5.82 Å². The monoisotopic (exact) mass is 581 g/mol. The molecule has 3 aliphatic carbocycles. The van der Waals surface area contributed by atoms with Crippen molar-refractivity contribution in [1.82, 2.24) is 4.98 Å². The van der Waals surface area contributed by atoms with Crippen molar-refractivity contribution >= 4 is 34.8 Å². The van der Waals surface area contributed by atoms with Crippen molar-refractivity contribution in [3.63, 3.8) is 0 Å². The number of pyridine rings is 1. The van der Waals surface area contributed by atoms with Crippen LogP contribution in [0.5, 0.6) is 5.75 Å². The number of allylic oxidation sites excluding steroid dienone is 2. The summed E-state index contributed by atoms with van der Waals surface area (Å²) in [6, 6.07) is 26.5. The maximum absolute atomic E-state index is 14.7. The van der Waals surface area contributed by atoms with Gasteiger partial charge in [-0.25, -0.2) is 4.39 Å². The van der Waals surface area contributed by atoms with Crippen LogP contribution < -0.4 is 4.74 Å². The molecule has 4 heteroatoms. The second-order valence-electron chi connectivity index (χ2n) is 11.8. The number of para-hydroxylation sites is 1. The topological polar surface area (TPSA) is 22.1 Å². The van der Waals surface area contributed by atoms with Crippen LogP contribution >= 0.6 is 11.8 Å². The molecule has 1 saturated carbocycles. The Hall–Kier alpha value is -4.15. The predicted molar refractivity (Wildman–Crippen MR) is 176 cm³/mol. The third-order valence-corrected chi connectivity index (χ3v) is 10.3. The summed E-state index contributed by atoms with van der Waals surface area (Å²) >= 11 is 1.65. The number of rotatable bonds is 6. The van der Waals surface area contributed by atoms with Gasteiger partial charge in [-0.3, -0.25) is 4.98 Å². The van der Waals surface area contributed by atoms with E-state index in [2.05, 4.69) is 66.8 Å². The van der Waals surface area contributed by atoms with E-state index in [0.717, 1.165) is 69.8 Å². The van der Waals surface area contributed by atoms with Gasteiger partial charge in [-0.2, -0.15) is 0 Å². The fourth-order valence-electron chi connectivity index (χ4n) is 6.86. The van der Waals surface area contributed by atoms with Crippen LogP contribution in [0.2, 0.25) is 0 Å². The second-order valence-corrected chi connectivity index (χ2v) is 12.8. The number of methoxy groups -OCH3 is 1. The number of hydrogen-bond donors (Lipinski definition) is 0. The molecule has 0 radical (unpaired) electrons. The van der Waals surface area contributed by atoms with Crippen LogP contribution in [0.15, 0.2) is 101 Å². The third kappa shape index (κ3) is 4.78. The quantitative estimate of drug-likeness (QED) is 0.199. The summed E-state index contributed by atoms with van der Waals surface area (Å²) in [6.45, 7) is 0. The van der Waals surface area contributed by atoms with E-state index >= 15 is 0 Å². The number of fused-ring (bicyclic) bond motifs is 6. The number of aromatic nitrogens is 1. The molecule has 1 fully saturated rings. The molecule has 212 valence electrons. The molecule has 1 heterocycles. The summed E-state index contributed by atoms with van der Waals surface area (Å²) in [4.78, 5) is 7.20. The number of nitrogens with zero attached hydrogens (tertiary/aromatic N) is 1. The summed E-state index contributed by atoms with van der Waals surface area (Å²) in [6.07, 6.45) is 14.7. The number of benzene rings is 4. The zero-order valence-electron chi connectivity index (χ0n) is 24.1. The first-order chi connectivity index (χ1) is 21.2. The van der Waals surface area contributed by atoms with Gasteiger partial charge in [0.25, 0.3) is 0 Å². The van der Waals surface area contributed by atoms with Gasteiger partial charge in [-0.1, -0.05) is 84.6 Å². The Morgan fingerprint density at radius 2 is 1.79 bits per heavy atom. The lowest BCUT2D eigenvalue weighted by Crippen LogP contribution is -2.13. The number of hydrogen-bond acceptors (Lipinski definition) is 3. The molecule has 2 nitrogen and oxygen atoms in total. The van der Waals surface area contributed by atoms with Gasteiger partial charge in [0.15, 0.2) is 0 Å². The lowest BCUT2D eigenvalue weighted by molar-refractivity contribution is 0.405. The van der Waals surface area contributed by atoms with E-state index in [9.17, 15) is 4.39 Å². The van der Waals surface area contributed by atoms with E-state index in [0.29, 0.717) is 5.92 Å². The normalized spacial score (nSPS) is 17.1. The molecule has 0 bridgehead atoms. The van der Waals surface area contributed by atoms with Crippen molar-refractivity contribution < 1.29 is 9.13 Å². The largest absolute Gasteiger partial charge is 0.496 e. The van der Waals surface area contributed by atoms with Gasteiger partial charge < -0.3 is 4.74 Å². The Labute approximate surface area is 256 Å². The van der Waals surface area contributed by atoms with Crippen molar-refractivity contribution in [3.05, 3.63) is 130 Å². The van der Waals surface area contributed by atoms with Gasteiger partial charge in [-0.15, -0.1) is 0 Å². The van der Waals surface area contributed by atoms with Crippen LogP contribution in [0.4, 0.5) is 4.39 Å².